The molecular weight excluding hydrogens is 216 g/mol. The Hall–Kier alpha value is -0.830. The summed E-state index contributed by atoms with van der Waals surface area (Å²) in [6.45, 7) is 2.19. The highest BCUT2D eigenvalue weighted by atomic mass is 16.4. The number of rotatable bonds is 11. The standard InChI is InChI=1S/C14H26O3/c1-2-3-4-5-6-7-8-9-10-11-13(15)12-14(16)17/h5-6,13,15H,2-4,7-12H2,1H3,(H,16,17)/p-1. The number of carbonyl (C=O) groups excluding carboxylic acids is 1. The minimum atomic E-state index is -1.17. The SMILES string of the molecule is CCCCC=CCCCCCC(O)CC(=O)[O-]. The molecule has 0 aromatic rings. The Kier molecular flexibility index (Phi) is 11.1. The Morgan fingerprint density at radius 2 is 1.82 bits per heavy atom. The van der Waals surface area contributed by atoms with Crippen LogP contribution in [0.1, 0.15) is 64.7 Å². The van der Waals surface area contributed by atoms with Crippen LogP contribution in [0.2, 0.25) is 0 Å². The fraction of sp³-hybridized carbons (Fsp3) is 0.786. The summed E-state index contributed by atoms with van der Waals surface area (Å²) in [7, 11) is 0. The number of aliphatic hydroxyl groups is 1. The van der Waals surface area contributed by atoms with Crippen molar-refractivity contribution in [2.45, 2.75) is 70.8 Å². The predicted octanol–water partition coefficient (Wildman–Crippen LogP) is 2.18. The molecule has 0 aliphatic heterocycles. The molecule has 0 heterocycles. The number of carboxylic acids is 1. The summed E-state index contributed by atoms with van der Waals surface area (Å²) in [5, 5.41) is 19.5. The van der Waals surface area contributed by atoms with Crippen molar-refractivity contribution in [2.75, 3.05) is 0 Å². The lowest BCUT2D eigenvalue weighted by Gasteiger charge is -2.10. The number of allylic oxidation sites excluding steroid dienone is 2. The molecule has 0 aliphatic rings. The van der Waals surface area contributed by atoms with Gasteiger partial charge in [-0.05, 0) is 25.7 Å². The molecule has 0 aromatic carbocycles. The van der Waals surface area contributed by atoms with E-state index in [0.717, 1.165) is 25.7 Å². The molecular formula is C14H25O3-. The van der Waals surface area contributed by atoms with Crippen LogP contribution in [0.4, 0.5) is 0 Å². The zero-order valence-corrected chi connectivity index (χ0v) is 10.9. The lowest BCUT2D eigenvalue weighted by atomic mass is 10.1. The maximum Gasteiger partial charge on any atom is 0.0592 e. The third-order valence-corrected chi connectivity index (χ3v) is 2.70. The third-order valence-electron chi connectivity index (χ3n) is 2.70. The third kappa shape index (κ3) is 13.1. The number of hydrogen-bond acceptors (Lipinski definition) is 3. The van der Waals surface area contributed by atoms with Crippen LogP contribution in [0.5, 0.6) is 0 Å². The summed E-state index contributed by atoms with van der Waals surface area (Å²) in [5.41, 5.74) is 0. The molecule has 0 saturated carbocycles. The Bertz CT molecular complexity index is 212. The molecule has 17 heavy (non-hydrogen) atoms. The lowest BCUT2D eigenvalue weighted by Crippen LogP contribution is -2.27. The van der Waals surface area contributed by atoms with Gasteiger partial charge in [0.2, 0.25) is 0 Å². The molecule has 3 heteroatoms. The molecule has 1 atom stereocenters. The van der Waals surface area contributed by atoms with Crippen molar-refractivity contribution in [2.24, 2.45) is 0 Å². The van der Waals surface area contributed by atoms with E-state index in [1.165, 1.54) is 19.3 Å². The first-order valence-electron chi connectivity index (χ1n) is 6.69. The average molecular weight is 241 g/mol. The molecule has 0 fully saturated rings. The largest absolute Gasteiger partial charge is 0.550 e. The summed E-state index contributed by atoms with van der Waals surface area (Å²) in [6, 6.07) is 0. The molecule has 0 spiro atoms. The summed E-state index contributed by atoms with van der Waals surface area (Å²) >= 11 is 0. The number of aliphatic hydroxyl groups excluding tert-OH is 1. The zero-order chi connectivity index (χ0) is 12.9. The smallest absolute Gasteiger partial charge is 0.0592 e. The van der Waals surface area contributed by atoms with Crippen LogP contribution < -0.4 is 5.11 Å². The van der Waals surface area contributed by atoms with Crippen molar-refractivity contribution in [1.82, 2.24) is 0 Å². The second-order valence-corrected chi connectivity index (χ2v) is 4.48. The topological polar surface area (TPSA) is 60.4 Å². The maximum atomic E-state index is 10.2. The molecule has 0 saturated heterocycles. The van der Waals surface area contributed by atoms with E-state index in [1.807, 2.05) is 0 Å². The molecule has 0 radical (unpaired) electrons. The van der Waals surface area contributed by atoms with Crippen molar-refractivity contribution < 1.29 is 15.0 Å². The Balaban J connectivity index is 3.23. The van der Waals surface area contributed by atoms with E-state index in [4.69, 9.17) is 0 Å². The van der Waals surface area contributed by atoms with Gasteiger partial charge in [0.15, 0.2) is 0 Å². The van der Waals surface area contributed by atoms with E-state index < -0.39 is 12.1 Å². The Labute approximate surface area is 105 Å². The molecule has 3 nitrogen and oxygen atoms in total. The van der Waals surface area contributed by atoms with E-state index in [2.05, 4.69) is 19.1 Å². The molecule has 1 N–H and O–H groups in total. The number of carboxylic acid groups (broad SMARTS) is 1. The van der Waals surface area contributed by atoms with Crippen molar-refractivity contribution in [3.8, 4) is 0 Å². The minimum Gasteiger partial charge on any atom is -0.550 e. The van der Waals surface area contributed by atoms with E-state index in [9.17, 15) is 15.0 Å². The molecule has 0 bridgehead atoms. The number of aliphatic carboxylic acids is 1. The first-order chi connectivity index (χ1) is 8.16. The molecule has 0 aliphatic carbocycles. The van der Waals surface area contributed by atoms with E-state index >= 15 is 0 Å². The zero-order valence-electron chi connectivity index (χ0n) is 10.9. The van der Waals surface area contributed by atoms with Crippen LogP contribution in [-0.2, 0) is 4.79 Å². The highest BCUT2D eigenvalue weighted by Crippen LogP contribution is 2.08. The van der Waals surface area contributed by atoms with E-state index in [0.29, 0.717) is 6.42 Å². The number of carbonyl (C=O) groups is 1. The maximum absolute atomic E-state index is 10.2. The highest BCUT2D eigenvalue weighted by molar-refractivity contribution is 5.64. The van der Waals surface area contributed by atoms with Crippen LogP contribution in [0.15, 0.2) is 12.2 Å². The van der Waals surface area contributed by atoms with Gasteiger partial charge in [0, 0.05) is 12.4 Å². The van der Waals surface area contributed by atoms with Gasteiger partial charge < -0.3 is 15.0 Å². The molecule has 0 amide bonds. The van der Waals surface area contributed by atoms with Gasteiger partial charge in [0.1, 0.15) is 0 Å². The minimum absolute atomic E-state index is 0.239. The van der Waals surface area contributed by atoms with Crippen LogP contribution in [-0.4, -0.2) is 17.2 Å². The summed E-state index contributed by atoms with van der Waals surface area (Å²) < 4.78 is 0. The second kappa shape index (κ2) is 11.6. The van der Waals surface area contributed by atoms with Gasteiger partial charge in [-0.2, -0.15) is 0 Å². The van der Waals surface area contributed by atoms with Crippen molar-refractivity contribution in [1.29, 1.82) is 0 Å². The van der Waals surface area contributed by atoms with E-state index in [1.54, 1.807) is 0 Å². The molecule has 1 unspecified atom stereocenters. The fourth-order valence-electron chi connectivity index (χ4n) is 1.67. The summed E-state index contributed by atoms with van der Waals surface area (Å²) in [6.07, 6.45) is 11.8. The van der Waals surface area contributed by atoms with Crippen molar-refractivity contribution >= 4 is 5.97 Å². The first kappa shape index (κ1) is 16.2. The fourth-order valence-corrected chi connectivity index (χ4v) is 1.67. The van der Waals surface area contributed by atoms with Crippen molar-refractivity contribution in [3.63, 3.8) is 0 Å². The Morgan fingerprint density at radius 3 is 2.41 bits per heavy atom. The number of hydrogen-bond donors (Lipinski definition) is 1. The Morgan fingerprint density at radius 1 is 1.18 bits per heavy atom. The van der Waals surface area contributed by atoms with Crippen LogP contribution >= 0.6 is 0 Å². The molecule has 0 rings (SSSR count). The normalized spacial score (nSPS) is 13.1. The predicted molar refractivity (Wildman–Crippen MR) is 67.4 cm³/mol. The van der Waals surface area contributed by atoms with Crippen LogP contribution in [0.3, 0.4) is 0 Å². The first-order valence-corrected chi connectivity index (χ1v) is 6.69. The van der Waals surface area contributed by atoms with Gasteiger partial charge >= 0.3 is 0 Å². The quantitative estimate of drug-likeness (QED) is 0.445. The van der Waals surface area contributed by atoms with E-state index in [-0.39, 0.29) is 6.42 Å². The lowest BCUT2D eigenvalue weighted by molar-refractivity contribution is -0.307. The van der Waals surface area contributed by atoms with Gasteiger partial charge in [0.25, 0.3) is 0 Å². The summed E-state index contributed by atoms with van der Waals surface area (Å²) in [4.78, 5) is 10.2. The average Bonchev–Trinajstić information content (AvgIpc) is 2.26. The molecule has 100 valence electrons. The van der Waals surface area contributed by atoms with Gasteiger partial charge in [0.05, 0.1) is 6.10 Å². The highest BCUT2D eigenvalue weighted by Gasteiger charge is 2.03. The van der Waals surface area contributed by atoms with Gasteiger partial charge in [-0.15, -0.1) is 0 Å². The number of unbranched alkanes of at least 4 members (excludes halogenated alkanes) is 5. The van der Waals surface area contributed by atoms with Crippen molar-refractivity contribution in [3.05, 3.63) is 12.2 Å². The van der Waals surface area contributed by atoms with Gasteiger partial charge in [-0.3, -0.25) is 0 Å². The monoisotopic (exact) mass is 241 g/mol. The van der Waals surface area contributed by atoms with Crippen LogP contribution in [0.25, 0.3) is 0 Å². The molecule has 0 aromatic heterocycles. The second-order valence-electron chi connectivity index (χ2n) is 4.48. The van der Waals surface area contributed by atoms with Gasteiger partial charge in [-0.1, -0.05) is 44.8 Å². The summed E-state index contributed by atoms with van der Waals surface area (Å²) in [5.74, 6) is -1.17. The van der Waals surface area contributed by atoms with Gasteiger partial charge in [-0.25, -0.2) is 0 Å². The van der Waals surface area contributed by atoms with Crippen LogP contribution in [0, 0.1) is 0 Å².